The van der Waals surface area contributed by atoms with Gasteiger partial charge in [0.15, 0.2) is 0 Å². The molecule has 0 spiro atoms. The highest BCUT2D eigenvalue weighted by Crippen LogP contribution is 2.40. The Morgan fingerprint density at radius 2 is 1.03 bits per heavy atom. The summed E-state index contributed by atoms with van der Waals surface area (Å²) in [6, 6.07) is 25.4. The van der Waals surface area contributed by atoms with Gasteiger partial charge in [-0.05, 0) is 114 Å². The Bertz CT molecular complexity index is 1590. The van der Waals surface area contributed by atoms with Crippen molar-refractivity contribution in [3.8, 4) is 5.69 Å². The predicted molar refractivity (Wildman–Crippen MR) is 167 cm³/mol. The van der Waals surface area contributed by atoms with Crippen LogP contribution in [0.3, 0.4) is 0 Å². The van der Waals surface area contributed by atoms with E-state index in [1.807, 2.05) is 0 Å². The predicted octanol–water partition coefficient (Wildman–Crippen LogP) is 10.4. The van der Waals surface area contributed by atoms with Crippen LogP contribution in [0.2, 0.25) is 0 Å². The van der Waals surface area contributed by atoms with Gasteiger partial charge in [0.25, 0.3) is 0 Å². The Morgan fingerprint density at radius 1 is 0.553 bits per heavy atom. The van der Waals surface area contributed by atoms with Crippen LogP contribution >= 0.6 is 0 Å². The highest BCUT2D eigenvalue weighted by molar-refractivity contribution is 6.10. The van der Waals surface area contributed by atoms with Gasteiger partial charge in [-0.3, -0.25) is 0 Å². The molecule has 0 amide bonds. The van der Waals surface area contributed by atoms with Crippen LogP contribution in [0.25, 0.3) is 27.5 Å². The lowest BCUT2D eigenvalue weighted by atomic mass is 9.85. The Hall–Kier alpha value is -3.52. The van der Waals surface area contributed by atoms with E-state index in [2.05, 4.69) is 146 Å². The number of nitrogens with one attached hydrogen (secondary N) is 1. The molecule has 38 heavy (non-hydrogen) atoms. The number of hydrogen-bond acceptors (Lipinski definition) is 1. The lowest BCUT2D eigenvalue weighted by Gasteiger charge is -2.21. The molecule has 0 atom stereocenters. The maximum atomic E-state index is 3.80. The van der Waals surface area contributed by atoms with Gasteiger partial charge in [-0.2, -0.15) is 0 Å². The van der Waals surface area contributed by atoms with Crippen LogP contribution in [-0.2, 0) is 10.8 Å². The SMILES string of the molecule is Cc1cc(C)cc(Nc2cc(C)cc(C)c2-n2c3ccc(C(C)(C)C)cc3c3cc(C(C)(C)C)ccc32)c1. The highest BCUT2D eigenvalue weighted by Gasteiger charge is 2.22. The number of hydrogen-bond donors (Lipinski definition) is 1. The summed E-state index contributed by atoms with van der Waals surface area (Å²) < 4.78 is 2.48. The molecular formula is C36H42N2. The molecule has 0 fully saturated rings. The van der Waals surface area contributed by atoms with Crippen LogP contribution in [0.1, 0.15) is 74.9 Å². The quantitative estimate of drug-likeness (QED) is 0.260. The molecular weight excluding hydrogens is 460 g/mol. The van der Waals surface area contributed by atoms with E-state index in [1.165, 1.54) is 60.9 Å². The topological polar surface area (TPSA) is 17.0 Å². The van der Waals surface area contributed by atoms with Crippen molar-refractivity contribution < 1.29 is 0 Å². The summed E-state index contributed by atoms with van der Waals surface area (Å²) in [4.78, 5) is 0. The molecule has 1 N–H and O–H groups in total. The molecule has 196 valence electrons. The summed E-state index contributed by atoms with van der Waals surface area (Å²) in [7, 11) is 0. The van der Waals surface area contributed by atoms with E-state index in [0.29, 0.717) is 0 Å². The van der Waals surface area contributed by atoms with Gasteiger partial charge in [-0.25, -0.2) is 0 Å². The van der Waals surface area contributed by atoms with Gasteiger partial charge in [0.2, 0.25) is 0 Å². The van der Waals surface area contributed by atoms with Crippen molar-refractivity contribution in [1.29, 1.82) is 0 Å². The Morgan fingerprint density at radius 3 is 1.50 bits per heavy atom. The van der Waals surface area contributed by atoms with E-state index >= 15 is 0 Å². The molecule has 0 unspecified atom stereocenters. The molecule has 0 bridgehead atoms. The highest BCUT2D eigenvalue weighted by atomic mass is 15.0. The van der Waals surface area contributed by atoms with Crippen molar-refractivity contribution >= 4 is 33.2 Å². The maximum absolute atomic E-state index is 3.80. The Balaban J connectivity index is 1.85. The van der Waals surface area contributed by atoms with Gasteiger partial charge in [0.05, 0.1) is 22.4 Å². The minimum absolute atomic E-state index is 0.0831. The molecule has 0 aliphatic rings. The fourth-order valence-corrected chi connectivity index (χ4v) is 5.75. The molecule has 2 heteroatoms. The maximum Gasteiger partial charge on any atom is 0.0726 e. The number of anilines is 2. The smallest absolute Gasteiger partial charge is 0.0726 e. The lowest BCUT2D eigenvalue weighted by Crippen LogP contribution is -2.10. The first-order valence-corrected chi connectivity index (χ1v) is 13.8. The van der Waals surface area contributed by atoms with Crippen molar-refractivity contribution in [2.24, 2.45) is 0 Å². The second-order valence-corrected chi connectivity index (χ2v) is 13.3. The van der Waals surface area contributed by atoms with E-state index in [9.17, 15) is 0 Å². The van der Waals surface area contributed by atoms with E-state index in [1.54, 1.807) is 0 Å². The van der Waals surface area contributed by atoms with Crippen LogP contribution in [-0.4, -0.2) is 4.57 Å². The fourth-order valence-electron chi connectivity index (χ4n) is 5.75. The molecule has 1 aromatic heterocycles. The Labute approximate surface area is 228 Å². The molecule has 0 aliphatic heterocycles. The zero-order chi connectivity index (χ0) is 27.6. The van der Waals surface area contributed by atoms with Gasteiger partial charge < -0.3 is 9.88 Å². The van der Waals surface area contributed by atoms with Crippen molar-refractivity contribution in [2.45, 2.75) is 80.1 Å². The first kappa shape index (κ1) is 26.1. The van der Waals surface area contributed by atoms with E-state index in [0.717, 1.165) is 11.4 Å². The lowest BCUT2D eigenvalue weighted by molar-refractivity contribution is 0.590. The average molecular weight is 503 g/mol. The molecule has 0 aliphatic carbocycles. The minimum atomic E-state index is 0.0831. The standard InChI is InChI=1S/C36H42N2/c1-22-15-23(2)18-28(17-22)37-31-19-24(3)16-25(4)34(31)38-32-13-11-26(35(5,6)7)20-29(32)30-21-27(36(8,9)10)12-14-33(30)38/h11-21,37H,1-10H3. The summed E-state index contributed by atoms with van der Waals surface area (Å²) >= 11 is 0. The molecule has 1 heterocycles. The molecule has 5 aromatic rings. The number of rotatable bonds is 3. The normalized spacial score (nSPS) is 12.5. The van der Waals surface area contributed by atoms with Gasteiger partial charge in [-0.15, -0.1) is 0 Å². The Kier molecular flexibility index (Phi) is 6.21. The summed E-state index contributed by atoms with van der Waals surface area (Å²) in [5.41, 5.74) is 13.9. The largest absolute Gasteiger partial charge is 0.354 e. The van der Waals surface area contributed by atoms with Gasteiger partial charge >= 0.3 is 0 Å². The van der Waals surface area contributed by atoms with Crippen LogP contribution in [0.15, 0.2) is 66.7 Å². The van der Waals surface area contributed by atoms with Crippen molar-refractivity contribution in [2.75, 3.05) is 5.32 Å². The molecule has 2 nitrogen and oxygen atoms in total. The summed E-state index contributed by atoms with van der Waals surface area (Å²) in [6.07, 6.45) is 0. The summed E-state index contributed by atoms with van der Waals surface area (Å²) in [5.74, 6) is 0. The zero-order valence-electron chi connectivity index (χ0n) is 24.8. The minimum Gasteiger partial charge on any atom is -0.354 e. The number of nitrogens with zero attached hydrogens (tertiary/aromatic N) is 1. The van der Waals surface area contributed by atoms with Crippen molar-refractivity contribution in [3.63, 3.8) is 0 Å². The van der Waals surface area contributed by atoms with E-state index < -0.39 is 0 Å². The molecule has 5 rings (SSSR count). The third-order valence-electron chi connectivity index (χ3n) is 7.67. The summed E-state index contributed by atoms with van der Waals surface area (Å²) in [6.45, 7) is 22.5. The monoisotopic (exact) mass is 502 g/mol. The van der Waals surface area contributed by atoms with Crippen LogP contribution in [0.4, 0.5) is 11.4 Å². The van der Waals surface area contributed by atoms with Crippen LogP contribution in [0.5, 0.6) is 0 Å². The number of benzene rings is 4. The van der Waals surface area contributed by atoms with Crippen molar-refractivity contribution in [3.05, 3.63) is 100 Å². The van der Waals surface area contributed by atoms with Crippen molar-refractivity contribution in [1.82, 2.24) is 4.57 Å². The van der Waals surface area contributed by atoms with Gasteiger partial charge in [0.1, 0.15) is 0 Å². The fraction of sp³-hybridized carbons (Fsp3) is 0.333. The number of fused-ring (bicyclic) bond motifs is 3. The summed E-state index contributed by atoms with van der Waals surface area (Å²) in [5, 5.41) is 6.44. The first-order valence-electron chi connectivity index (χ1n) is 13.8. The van der Waals surface area contributed by atoms with Gasteiger partial charge in [-0.1, -0.05) is 65.8 Å². The molecule has 0 saturated heterocycles. The number of aryl methyl sites for hydroxylation is 4. The van der Waals surface area contributed by atoms with E-state index in [-0.39, 0.29) is 10.8 Å². The second kappa shape index (κ2) is 9.05. The first-order chi connectivity index (χ1) is 17.7. The molecule has 0 saturated carbocycles. The van der Waals surface area contributed by atoms with Gasteiger partial charge in [0, 0.05) is 16.5 Å². The van der Waals surface area contributed by atoms with Crippen LogP contribution < -0.4 is 5.32 Å². The van der Waals surface area contributed by atoms with E-state index in [4.69, 9.17) is 0 Å². The zero-order valence-corrected chi connectivity index (χ0v) is 24.8. The second-order valence-electron chi connectivity index (χ2n) is 13.3. The third-order valence-corrected chi connectivity index (χ3v) is 7.67. The number of aromatic nitrogens is 1. The third kappa shape index (κ3) is 4.73. The molecule has 4 aromatic carbocycles. The van der Waals surface area contributed by atoms with Crippen LogP contribution in [0, 0.1) is 27.7 Å². The molecule has 0 radical (unpaired) electrons. The average Bonchev–Trinajstić information content (AvgIpc) is 3.10.